The first-order chi connectivity index (χ1) is 10.0. The number of hydrogen-bond donors (Lipinski definition) is 3. The molecule has 3 N–H and O–H groups in total. The lowest BCUT2D eigenvalue weighted by Gasteiger charge is -2.29. The van der Waals surface area contributed by atoms with Crippen molar-refractivity contribution in [2.45, 2.75) is 18.9 Å². The zero-order valence-corrected chi connectivity index (χ0v) is 11.5. The molecule has 0 spiro atoms. The number of rotatable bonds is 4. The van der Waals surface area contributed by atoms with E-state index in [0.717, 1.165) is 0 Å². The van der Waals surface area contributed by atoms with Crippen LogP contribution in [0.15, 0.2) is 24.3 Å². The van der Waals surface area contributed by atoms with Gasteiger partial charge in [0.15, 0.2) is 6.61 Å². The molecule has 0 atom stereocenters. The number of urea groups is 1. The van der Waals surface area contributed by atoms with Crippen molar-refractivity contribution in [2.24, 2.45) is 0 Å². The van der Waals surface area contributed by atoms with Crippen LogP contribution < -0.4 is 10.1 Å². The van der Waals surface area contributed by atoms with Crippen molar-refractivity contribution in [3.8, 4) is 5.75 Å². The van der Waals surface area contributed by atoms with E-state index in [1.807, 2.05) is 0 Å². The Bertz CT molecular complexity index is 512. The van der Waals surface area contributed by atoms with E-state index in [1.54, 1.807) is 29.2 Å². The molecule has 0 aromatic heterocycles. The van der Waals surface area contributed by atoms with Gasteiger partial charge in [0, 0.05) is 24.8 Å². The summed E-state index contributed by atoms with van der Waals surface area (Å²) < 4.78 is 5.05. The number of anilines is 1. The number of piperidine rings is 1. The maximum absolute atomic E-state index is 12.0. The summed E-state index contributed by atoms with van der Waals surface area (Å²) in [5, 5.41) is 20.7. The van der Waals surface area contributed by atoms with Gasteiger partial charge in [-0.25, -0.2) is 9.59 Å². The van der Waals surface area contributed by atoms with Crippen LogP contribution in [-0.2, 0) is 4.79 Å². The number of carbonyl (C=O) groups excluding carboxylic acids is 1. The van der Waals surface area contributed by atoms with E-state index in [2.05, 4.69) is 5.32 Å². The zero-order chi connectivity index (χ0) is 15.2. The quantitative estimate of drug-likeness (QED) is 0.773. The van der Waals surface area contributed by atoms with Gasteiger partial charge in [-0.1, -0.05) is 6.07 Å². The minimum atomic E-state index is -1.06. The molecule has 21 heavy (non-hydrogen) atoms. The Hall–Kier alpha value is -2.28. The summed E-state index contributed by atoms with van der Waals surface area (Å²) in [6.07, 6.45) is 0.825. The molecule has 1 fully saturated rings. The highest BCUT2D eigenvalue weighted by atomic mass is 16.5. The number of hydrogen-bond acceptors (Lipinski definition) is 4. The number of carbonyl (C=O) groups is 2. The molecule has 7 heteroatoms. The largest absolute Gasteiger partial charge is 0.482 e. The molecule has 1 aromatic carbocycles. The van der Waals surface area contributed by atoms with Crippen molar-refractivity contribution in [3.05, 3.63) is 24.3 Å². The maximum atomic E-state index is 12.0. The molecule has 1 heterocycles. The van der Waals surface area contributed by atoms with E-state index in [4.69, 9.17) is 9.84 Å². The van der Waals surface area contributed by atoms with Crippen molar-refractivity contribution in [1.29, 1.82) is 0 Å². The second-order valence-electron chi connectivity index (χ2n) is 4.86. The number of carboxylic acids is 1. The third-order valence-electron chi connectivity index (χ3n) is 3.20. The van der Waals surface area contributed by atoms with E-state index >= 15 is 0 Å². The second-order valence-corrected chi connectivity index (χ2v) is 4.86. The number of likely N-dealkylation sites (tertiary alicyclic amines) is 1. The van der Waals surface area contributed by atoms with Crippen LogP contribution in [0.3, 0.4) is 0 Å². The first-order valence-corrected chi connectivity index (χ1v) is 6.73. The van der Waals surface area contributed by atoms with Crippen molar-refractivity contribution in [2.75, 3.05) is 25.0 Å². The molecule has 0 aliphatic carbocycles. The lowest BCUT2D eigenvalue weighted by Crippen LogP contribution is -2.42. The predicted molar refractivity (Wildman–Crippen MR) is 75.4 cm³/mol. The highest BCUT2D eigenvalue weighted by Gasteiger charge is 2.21. The van der Waals surface area contributed by atoms with Gasteiger partial charge in [-0.2, -0.15) is 0 Å². The Kier molecular flexibility index (Phi) is 4.99. The van der Waals surface area contributed by atoms with Gasteiger partial charge in [0.05, 0.1) is 6.10 Å². The van der Waals surface area contributed by atoms with Crippen molar-refractivity contribution >= 4 is 17.7 Å². The summed E-state index contributed by atoms with van der Waals surface area (Å²) >= 11 is 0. The molecular weight excluding hydrogens is 276 g/mol. The highest BCUT2D eigenvalue weighted by Crippen LogP contribution is 2.18. The molecule has 1 aliphatic rings. The third kappa shape index (κ3) is 4.64. The molecule has 2 rings (SSSR count). The number of benzene rings is 1. The zero-order valence-electron chi connectivity index (χ0n) is 11.5. The van der Waals surface area contributed by atoms with Gasteiger partial charge in [-0.05, 0) is 25.0 Å². The molecule has 0 radical (unpaired) electrons. The second kappa shape index (κ2) is 6.94. The van der Waals surface area contributed by atoms with Gasteiger partial charge in [0.1, 0.15) is 5.75 Å². The van der Waals surface area contributed by atoms with Crippen LogP contribution in [0.4, 0.5) is 10.5 Å². The van der Waals surface area contributed by atoms with Gasteiger partial charge in [-0.3, -0.25) is 0 Å². The average Bonchev–Trinajstić information content (AvgIpc) is 2.46. The van der Waals surface area contributed by atoms with Gasteiger partial charge < -0.3 is 25.2 Å². The molecule has 0 bridgehead atoms. The lowest BCUT2D eigenvalue weighted by molar-refractivity contribution is -0.139. The number of nitrogens with one attached hydrogen (secondary N) is 1. The van der Waals surface area contributed by atoms with Crippen LogP contribution in [0.25, 0.3) is 0 Å². The van der Waals surface area contributed by atoms with Crippen LogP contribution >= 0.6 is 0 Å². The van der Waals surface area contributed by atoms with Crippen LogP contribution in [0.2, 0.25) is 0 Å². The number of aliphatic carboxylic acids is 1. The SMILES string of the molecule is O=C(O)COc1cccc(NC(=O)N2CCC(O)CC2)c1. The molecule has 0 unspecified atom stereocenters. The smallest absolute Gasteiger partial charge is 0.341 e. The number of nitrogens with zero attached hydrogens (tertiary/aromatic N) is 1. The fraction of sp³-hybridized carbons (Fsp3) is 0.429. The summed E-state index contributed by atoms with van der Waals surface area (Å²) in [7, 11) is 0. The highest BCUT2D eigenvalue weighted by molar-refractivity contribution is 5.89. The minimum Gasteiger partial charge on any atom is -0.482 e. The standard InChI is InChI=1S/C14H18N2O5/c17-11-4-6-16(7-5-11)14(20)15-10-2-1-3-12(8-10)21-9-13(18)19/h1-3,8,11,17H,4-7,9H2,(H,15,20)(H,18,19). The first kappa shape index (κ1) is 15.1. The Morgan fingerprint density at radius 3 is 2.71 bits per heavy atom. The fourth-order valence-electron chi connectivity index (χ4n) is 2.08. The van der Waals surface area contributed by atoms with Crippen molar-refractivity contribution < 1.29 is 24.5 Å². The van der Waals surface area contributed by atoms with Crippen molar-refractivity contribution in [1.82, 2.24) is 4.90 Å². The maximum Gasteiger partial charge on any atom is 0.341 e. The molecule has 1 aliphatic heterocycles. The average molecular weight is 294 g/mol. The molecule has 2 amide bonds. The molecule has 114 valence electrons. The van der Waals surface area contributed by atoms with Gasteiger partial charge >= 0.3 is 12.0 Å². The van der Waals surface area contributed by atoms with E-state index in [1.165, 1.54) is 0 Å². The van der Waals surface area contributed by atoms with E-state index in [9.17, 15) is 14.7 Å². The minimum absolute atomic E-state index is 0.239. The summed E-state index contributed by atoms with van der Waals surface area (Å²) in [5.74, 6) is -0.680. The fourth-order valence-corrected chi connectivity index (χ4v) is 2.08. The Balaban J connectivity index is 1.91. The first-order valence-electron chi connectivity index (χ1n) is 6.73. The van der Waals surface area contributed by atoms with Gasteiger partial charge in [0.25, 0.3) is 0 Å². The topological polar surface area (TPSA) is 99.1 Å². The van der Waals surface area contributed by atoms with Gasteiger partial charge in [0.2, 0.25) is 0 Å². The van der Waals surface area contributed by atoms with E-state index in [-0.39, 0.29) is 12.1 Å². The molecule has 1 saturated heterocycles. The Labute approximate surface area is 122 Å². The van der Waals surface area contributed by atoms with E-state index in [0.29, 0.717) is 37.4 Å². The van der Waals surface area contributed by atoms with Crippen LogP contribution in [-0.4, -0.2) is 52.9 Å². The van der Waals surface area contributed by atoms with Crippen LogP contribution in [0, 0.1) is 0 Å². The number of ether oxygens (including phenoxy) is 1. The number of amides is 2. The van der Waals surface area contributed by atoms with Crippen molar-refractivity contribution in [3.63, 3.8) is 0 Å². The summed E-state index contributed by atoms with van der Waals surface area (Å²) in [4.78, 5) is 24.1. The predicted octanol–water partition coefficient (Wildman–Crippen LogP) is 1.14. The normalized spacial score (nSPS) is 15.6. The Morgan fingerprint density at radius 1 is 1.33 bits per heavy atom. The van der Waals surface area contributed by atoms with Gasteiger partial charge in [-0.15, -0.1) is 0 Å². The molecule has 1 aromatic rings. The summed E-state index contributed by atoms with van der Waals surface area (Å²) in [6.45, 7) is 0.603. The Morgan fingerprint density at radius 2 is 2.05 bits per heavy atom. The monoisotopic (exact) mass is 294 g/mol. The number of aliphatic hydroxyl groups excluding tert-OH is 1. The van der Waals surface area contributed by atoms with Crippen LogP contribution in [0.5, 0.6) is 5.75 Å². The van der Waals surface area contributed by atoms with E-state index < -0.39 is 12.6 Å². The summed E-state index contributed by atoms with van der Waals surface area (Å²) in [5.41, 5.74) is 0.536. The number of carboxylic acid groups (broad SMARTS) is 1. The lowest BCUT2D eigenvalue weighted by atomic mass is 10.1. The summed E-state index contributed by atoms with van der Waals surface area (Å²) in [6, 6.07) is 6.32. The molecule has 0 saturated carbocycles. The molecule has 7 nitrogen and oxygen atoms in total. The number of aliphatic hydroxyl groups is 1. The van der Waals surface area contributed by atoms with Crippen LogP contribution in [0.1, 0.15) is 12.8 Å². The third-order valence-corrected chi connectivity index (χ3v) is 3.20. The molecular formula is C14H18N2O5.